The molecule has 0 atom stereocenters. The topological polar surface area (TPSA) is 112 Å². The Bertz CT molecular complexity index is 1170. The molecule has 10 heteroatoms. The molecule has 0 amide bonds. The van der Waals surface area contributed by atoms with Crippen LogP contribution in [0.15, 0.2) is 30.7 Å². The van der Waals surface area contributed by atoms with Gasteiger partial charge < -0.3 is 20.9 Å². The van der Waals surface area contributed by atoms with Crippen molar-refractivity contribution < 1.29 is 0 Å². The van der Waals surface area contributed by atoms with Crippen LogP contribution in [0.1, 0.15) is 31.4 Å². The Morgan fingerprint density at radius 2 is 2.03 bits per heavy atom. The standard InChI is InChI=1S/C20H25N9S/c1-12-9-17(30-27-12)25-20-24-16-7-8-29(15-10-22-28(2)11-15)18(16)19(26-20)23-14-5-3-13(21)4-6-14/h7-11,13-14H,3-6,21H2,1-2H3,(H2,23,24,25,26). The first-order valence-electron chi connectivity index (χ1n) is 10.2. The van der Waals surface area contributed by atoms with Gasteiger partial charge in [0.25, 0.3) is 0 Å². The maximum Gasteiger partial charge on any atom is 0.230 e. The molecular formula is C20H25N9S. The van der Waals surface area contributed by atoms with Crippen LogP contribution in [0.5, 0.6) is 0 Å². The second-order valence-electron chi connectivity index (χ2n) is 7.90. The smallest absolute Gasteiger partial charge is 0.230 e. The van der Waals surface area contributed by atoms with Crippen molar-refractivity contribution >= 4 is 39.3 Å². The first-order chi connectivity index (χ1) is 14.5. The number of nitrogens with two attached hydrogens (primary N) is 1. The lowest BCUT2D eigenvalue weighted by Crippen LogP contribution is -2.33. The van der Waals surface area contributed by atoms with Gasteiger partial charge in [-0.2, -0.15) is 14.5 Å². The van der Waals surface area contributed by atoms with E-state index in [9.17, 15) is 0 Å². The molecule has 0 unspecified atom stereocenters. The van der Waals surface area contributed by atoms with Crippen molar-refractivity contribution in [3.63, 3.8) is 0 Å². The van der Waals surface area contributed by atoms with Crippen molar-refractivity contribution in [1.82, 2.24) is 28.7 Å². The molecule has 1 aliphatic carbocycles. The van der Waals surface area contributed by atoms with Gasteiger partial charge in [0.05, 0.1) is 23.1 Å². The lowest BCUT2D eigenvalue weighted by Gasteiger charge is -2.27. The van der Waals surface area contributed by atoms with Crippen LogP contribution in [0.4, 0.5) is 16.8 Å². The van der Waals surface area contributed by atoms with Gasteiger partial charge in [-0.15, -0.1) is 0 Å². The zero-order valence-corrected chi connectivity index (χ0v) is 17.9. The summed E-state index contributed by atoms with van der Waals surface area (Å²) in [5, 5.41) is 12.2. The minimum Gasteiger partial charge on any atom is -0.365 e. The fourth-order valence-electron chi connectivity index (χ4n) is 3.94. The Hall–Kier alpha value is -2.98. The number of anilines is 3. The van der Waals surface area contributed by atoms with Gasteiger partial charge in [0.2, 0.25) is 5.95 Å². The Balaban J connectivity index is 1.55. The SMILES string of the molecule is Cc1cc(Nc2nc(NC3CCC(N)CC3)c3c(ccn3-c3cnn(C)c3)n2)sn1. The van der Waals surface area contributed by atoms with Gasteiger partial charge in [0.1, 0.15) is 10.5 Å². The molecule has 156 valence electrons. The number of rotatable bonds is 5. The Morgan fingerprint density at radius 1 is 1.20 bits per heavy atom. The second kappa shape index (κ2) is 7.69. The average Bonchev–Trinajstić information content (AvgIpc) is 3.44. The molecule has 0 spiro atoms. The van der Waals surface area contributed by atoms with Gasteiger partial charge in [-0.25, -0.2) is 4.98 Å². The molecule has 0 aromatic carbocycles. The second-order valence-corrected chi connectivity index (χ2v) is 8.71. The lowest BCUT2D eigenvalue weighted by atomic mass is 9.92. The highest BCUT2D eigenvalue weighted by Crippen LogP contribution is 2.30. The summed E-state index contributed by atoms with van der Waals surface area (Å²) >= 11 is 1.40. The van der Waals surface area contributed by atoms with E-state index in [4.69, 9.17) is 15.7 Å². The quantitative estimate of drug-likeness (QED) is 0.451. The number of aromatic nitrogens is 6. The van der Waals surface area contributed by atoms with Crippen LogP contribution in [-0.2, 0) is 7.05 Å². The Labute approximate surface area is 178 Å². The monoisotopic (exact) mass is 423 g/mol. The van der Waals surface area contributed by atoms with Gasteiger partial charge in [-0.3, -0.25) is 4.68 Å². The summed E-state index contributed by atoms with van der Waals surface area (Å²) in [6, 6.07) is 4.65. The van der Waals surface area contributed by atoms with E-state index in [1.54, 1.807) is 4.68 Å². The normalized spacial score (nSPS) is 19.3. The Morgan fingerprint density at radius 3 is 2.73 bits per heavy atom. The summed E-state index contributed by atoms with van der Waals surface area (Å²) < 4.78 is 8.20. The van der Waals surface area contributed by atoms with E-state index in [0.29, 0.717) is 18.0 Å². The van der Waals surface area contributed by atoms with Crippen LogP contribution in [-0.4, -0.2) is 40.8 Å². The molecular weight excluding hydrogens is 398 g/mol. The van der Waals surface area contributed by atoms with Gasteiger partial charge in [-0.05, 0) is 56.3 Å². The largest absolute Gasteiger partial charge is 0.365 e. The molecule has 1 aliphatic rings. The van der Waals surface area contributed by atoms with E-state index in [1.807, 2.05) is 44.7 Å². The summed E-state index contributed by atoms with van der Waals surface area (Å²) in [6.45, 7) is 1.97. The van der Waals surface area contributed by atoms with E-state index in [2.05, 4.69) is 24.7 Å². The van der Waals surface area contributed by atoms with Crippen molar-refractivity contribution in [2.24, 2.45) is 12.8 Å². The highest BCUT2D eigenvalue weighted by molar-refractivity contribution is 7.10. The first kappa shape index (κ1) is 19.0. The average molecular weight is 424 g/mol. The molecule has 0 aliphatic heterocycles. The fraction of sp³-hybridized carbons (Fsp3) is 0.400. The van der Waals surface area contributed by atoms with Crippen molar-refractivity contribution in [1.29, 1.82) is 0 Å². The number of hydrogen-bond donors (Lipinski definition) is 3. The number of fused-ring (bicyclic) bond motifs is 1. The summed E-state index contributed by atoms with van der Waals surface area (Å²) in [5.41, 5.74) is 9.86. The van der Waals surface area contributed by atoms with Crippen LogP contribution in [0, 0.1) is 6.92 Å². The number of aryl methyl sites for hydroxylation is 2. The summed E-state index contributed by atoms with van der Waals surface area (Å²) in [5.74, 6) is 1.38. The Kier molecular flexibility index (Phi) is 4.87. The van der Waals surface area contributed by atoms with Crippen molar-refractivity contribution in [3.8, 4) is 5.69 Å². The van der Waals surface area contributed by atoms with Crippen molar-refractivity contribution in [2.75, 3.05) is 10.6 Å². The van der Waals surface area contributed by atoms with Crippen LogP contribution in [0.2, 0.25) is 0 Å². The van der Waals surface area contributed by atoms with Gasteiger partial charge in [0.15, 0.2) is 5.82 Å². The lowest BCUT2D eigenvalue weighted by molar-refractivity contribution is 0.410. The maximum absolute atomic E-state index is 6.10. The van der Waals surface area contributed by atoms with E-state index in [1.165, 1.54) is 11.5 Å². The first-order valence-corrected chi connectivity index (χ1v) is 10.9. The zero-order valence-electron chi connectivity index (χ0n) is 17.0. The van der Waals surface area contributed by atoms with Crippen molar-refractivity contribution in [3.05, 3.63) is 36.4 Å². The predicted molar refractivity (Wildman–Crippen MR) is 120 cm³/mol. The van der Waals surface area contributed by atoms with E-state index < -0.39 is 0 Å². The van der Waals surface area contributed by atoms with E-state index in [0.717, 1.165) is 58.9 Å². The molecule has 4 aromatic heterocycles. The van der Waals surface area contributed by atoms with Gasteiger partial charge in [-0.1, -0.05) is 0 Å². The molecule has 30 heavy (non-hydrogen) atoms. The highest BCUT2D eigenvalue weighted by atomic mass is 32.1. The molecule has 9 nitrogen and oxygen atoms in total. The highest BCUT2D eigenvalue weighted by Gasteiger charge is 2.22. The molecule has 0 saturated heterocycles. The van der Waals surface area contributed by atoms with E-state index >= 15 is 0 Å². The molecule has 1 fully saturated rings. The predicted octanol–water partition coefficient (Wildman–Crippen LogP) is 3.34. The number of hydrogen-bond acceptors (Lipinski definition) is 8. The third-order valence-corrected chi connectivity index (χ3v) is 6.27. The van der Waals surface area contributed by atoms with Crippen LogP contribution >= 0.6 is 11.5 Å². The summed E-state index contributed by atoms with van der Waals surface area (Å²) in [7, 11) is 1.91. The number of nitrogens with one attached hydrogen (secondary N) is 2. The van der Waals surface area contributed by atoms with E-state index in [-0.39, 0.29) is 0 Å². The zero-order chi connectivity index (χ0) is 20.7. The molecule has 0 radical (unpaired) electrons. The summed E-state index contributed by atoms with van der Waals surface area (Å²) in [6.07, 6.45) is 9.97. The molecule has 5 rings (SSSR count). The van der Waals surface area contributed by atoms with Crippen LogP contribution in [0.3, 0.4) is 0 Å². The minimum atomic E-state index is 0.305. The van der Waals surface area contributed by atoms with Gasteiger partial charge in [0, 0.05) is 31.5 Å². The van der Waals surface area contributed by atoms with Crippen LogP contribution < -0.4 is 16.4 Å². The molecule has 0 bridgehead atoms. The van der Waals surface area contributed by atoms with Crippen LogP contribution in [0.25, 0.3) is 16.7 Å². The molecule has 4 aromatic rings. The number of nitrogens with zero attached hydrogens (tertiary/aromatic N) is 6. The van der Waals surface area contributed by atoms with Crippen molar-refractivity contribution in [2.45, 2.75) is 44.7 Å². The minimum absolute atomic E-state index is 0.305. The van der Waals surface area contributed by atoms with Gasteiger partial charge >= 0.3 is 0 Å². The molecule has 4 heterocycles. The molecule has 1 saturated carbocycles. The third kappa shape index (κ3) is 3.75. The molecule has 4 N–H and O–H groups in total. The summed E-state index contributed by atoms with van der Waals surface area (Å²) in [4.78, 5) is 9.60. The maximum atomic E-state index is 6.10. The fourth-order valence-corrected chi connectivity index (χ4v) is 4.59. The third-order valence-electron chi connectivity index (χ3n) is 5.48.